The Hall–Kier alpha value is -1.85. The summed E-state index contributed by atoms with van der Waals surface area (Å²) in [5.41, 5.74) is 1.87. The summed E-state index contributed by atoms with van der Waals surface area (Å²) in [7, 11) is 0. The molecule has 1 saturated carbocycles. The zero-order chi connectivity index (χ0) is 21.1. The molecule has 2 aromatic rings. The molecule has 1 N–H and O–H groups in total. The summed E-state index contributed by atoms with van der Waals surface area (Å²) in [6.07, 6.45) is 6.88. The van der Waals surface area contributed by atoms with Gasteiger partial charge in [0.25, 0.3) is 0 Å². The minimum atomic E-state index is 0.0656. The first-order chi connectivity index (χ1) is 14.5. The van der Waals surface area contributed by atoms with Gasteiger partial charge in [0.15, 0.2) is 0 Å². The Morgan fingerprint density at radius 2 is 1.97 bits per heavy atom. The SMILES string of the molecule is Cc1oc(-c2ccc(Cl)cc2)nc1CN1CCC[C@H](C(=O)N[C@@H]2CCCC[C@@H]2C)C1. The lowest BCUT2D eigenvalue weighted by molar-refractivity contribution is -0.128. The molecule has 1 amide bonds. The fourth-order valence-corrected chi connectivity index (χ4v) is 4.87. The summed E-state index contributed by atoms with van der Waals surface area (Å²) < 4.78 is 5.91. The molecule has 1 saturated heterocycles. The number of hydrogen-bond acceptors (Lipinski definition) is 4. The van der Waals surface area contributed by atoms with Crippen LogP contribution in [0.5, 0.6) is 0 Å². The van der Waals surface area contributed by atoms with E-state index < -0.39 is 0 Å². The van der Waals surface area contributed by atoms with Gasteiger partial charge < -0.3 is 9.73 Å². The number of amides is 1. The number of nitrogens with zero attached hydrogens (tertiary/aromatic N) is 2. The smallest absolute Gasteiger partial charge is 0.226 e. The Balaban J connectivity index is 1.37. The minimum Gasteiger partial charge on any atom is -0.441 e. The van der Waals surface area contributed by atoms with Crippen LogP contribution in [-0.2, 0) is 11.3 Å². The summed E-state index contributed by atoms with van der Waals surface area (Å²) >= 11 is 5.98. The molecule has 1 aromatic carbocycles. The lowest BCUT2D eigenvalue weighted by atomic mass is 9.85. The quantitative estimate of drug-likeness (QED) is 0.708. The van der Waals surface area contributed by atoms with Gasteiger partial charge in [-0.2, -0.15) is 0 Å². The van der Waals surface area contributed by atoms with Crippen LogP contribution in [0.4, 0.5) is 0 Å². The van der Waals surface area contributed by atoms with E-state index in [2.05, 4.69) is 17.1 Å². The normalized spacial score (nSPS) is 25.2. The molecule has 2 aliphatic rings. The number of rotatable bonds is 5. The molecular weight excluding hydrogens is 398 g/mol. The third-order valence-electron chi connectivity index (χ3n) is 6.67. The van der Waals surface area contributed by atoms with Gasteiger partial charge in [0, 0.05) is 29.7 Å². The summed E-state index contributed by atoms with van der Waals surface area (Å²) in [6.45, 7) is 6.72. The second-order valence-corrected chi connectivity index (χ2v) is 9.42. The zero-order valence-corrected chi connectivity index (χ0v) is 18.8. The first kappa shape index (κ1) is 21.4. The van der Waals surface area contributed by atoms with Gasteiger partial charge in [0.2, 0.25) is 11.8 Å². The predicted molar refractivity (Wildman–Crippen MR) is 119 cm³/mol. The molecule has 5 nitrogen and oxygen atoms in total. The van der Waals surface area contributed by atoms with Crippen LogP contribution < -0.4 is 5.32 Å². The van der Waals surface area contributed by atoms with E-state index in [1.54, 1.807) is 0 Å². The number of aromatic nitrogens is 1. The molecule has 0 unspecified atom stereocenters. The Bertz CT molecular complexity index is 864. The molecule has 0 spiro atoms. The van der Waals surface area contributed by atoms with E-state index in [4.69, 9.17) is 21.0 Å². The van der Waals surface area contributed by atoms with Crippen LogP contribution in [-0.4, -0.2) is 34.9 Å². The van der Waals surface area contributed by atoms with Gasteiger partial charge in [-0.25, -0.2) is 4.98 Å². The van der Waals surface area contributed by atoms with Gasteiger partial charge in [0.1, 0.15) is 5.76 Å². The zero-order valence-electron chi connectivity index (χ0n) is 18.0. The second kappa shape index (κ2) is 9.52. The third kappa shape index (κ3) is 5.06. The third-order valence-corrected chi connectivity index (χ3v) is 6.92. The summed E-state index contributed by atoms with van der Waals surface area (Å²) in [6, 6.07) is 7.88. The number of aryl methyl sites for hydroxylation is 1. The standard InChI is InChI=1S/C24H32ClN3O2/c1-16-6-3-4-8-21(16)26-23(29)19-7-5-13-28(14-19)15-22-17(2)30-24(27-22)18-9-11-20(25)12-10-18/h9-12,16,19,21H,3-8,13-15H2,1-2H3,(H,26,29)/t16-,19-,21+/m0/s1. The molecule has 1 aliphatic carbocycles. The lowest BCUT2D eigenvalue weighted by Crippen LogP contribution is -2.48. The topological polar surface area (TPSA) is 58.4 Å². The molecule has 30 heavy (non-hydrogen) atoms. The van der Waals surface area contributed by atoms with Crippen LogP contribution >= 0.6 is 11.6 Å². The van der Waals surface area contributed by atoms with Crippen molar-refractivity contribution in [1.82, 2.24) is 15.2 Å². The van der Waals surface area contributed by atoms with Crippen molar-refractivity contribution in [2.45, 2.75) is 65.0 Å². The Kier molecular flexibility index (Phi) is 6.79. The molecule has 1 aliphatic heterocycles. The number of piperidine rings is 1. The monoisotopic (exact) mass is 429 g/mol. The van der Waals surface area contributed by atoms with E-state index in [0.29, 0.717) is 29.4 Å². The highest BCUT2D eigenvalue weighted by Gasteiger charge is 2.30. The Morgan fingerprint density at radius 3 is 2.73 bits per heavy atom. The maximum Gasteiger partial charge on any atom is 0.226 e. The van der Waals surface area contributed by atoms with E-state index in [-0.39, 0.29) is 11.8 Å². The van der Waals surface area contributed by atoms with Crippen molar-refractivity contribution in [2.24, 2.45) is 11.8 Å². The highest BCUT2D eigenvalue weighted by molar-refractivity contribution is 6.30. The number of carbonyl (C=O) groups excluding carboxylic acids is 1. The van der Waals surface area contributed by atoms with Gasteiger partial charge in [-0.05, 0) is 69.3 Å². The summed E-state index contributed by atoms with van der Waals surface area (Å²) in [4.78, 5) is 20.0. The van der Waals surface area contributed by atoms with Crippen molar-refractivity contribution in [3.8, 4) is 11.5 Å². The number of nitrogens with one attached hydrogen (secondary N) is 1. The van der Waals surface area contributed by atoms with Crippen molar-refractivity contribution in [3.63, 3.8) is 0 Å². The Morgan fingerprint density at radius 1 is 1.20 bits per heavy atom. The summed E-state index contributed by atoms with van der Waals surface area (Å²) in [5.74, 6) is 2.35. The van der Waals surface area contributed by atoms with Crippen molar-refractivity contribution in [3.05, 3.63) is 40.7 Å². The van der Waals surface area contributed by atoms with E-state index in [1.165, 1.54) is 19.3 Å². The van der Waals surface area contributed by atoms with Gasteiger partial charge in [0.05, 0.1) is 11.6 Å². The van der Waals surface area contributed by atoms with Crippen LogP contribution in [0, 0.1) is 18.8 Å². The van der Waals surface area contributed by atoms with E-state index in [0.717, 1.165) is 49.4 Å². The lowest BCUT2D eigenvalue weighted by Gasteiger charge is -2.34. The molecule has 0 bridgehead atoms. The minimum absolute atomic E-state index is 0.0656. The molecule has 0 radical (unpaired) electrons. The van der Waals surface area contributed by atoms with Crippen molar-refractivity contribution in [2.75, 3.05) is 13.1 Å². The van der Waals surface area contributed by atoms with Crippen LogP contribution in [0.3, 0.4) is 0 Å². The average molecular weight is 430 g/mol. The number of likely N-dealkylation sites (tertiary alicyclic amines) is 1. The van der Waals surface area contributed by atoms with E-state index >= 15 is 0 Å². The highest BCUT2D eigenvalue weighted by atomic mass is 35.5. The second-order valence-electron chi connectivity index (χ2n) is 8.98. The molecule has 2 heterocycles. The Labute approximate surface area is 184 Å². The molecule has 162 valence electrons. The van der Waals surface area contributed by atoms with Crippen molar-refractivity contribution < 1.29 is 9.21 Å². The molecule has 1 aromatic heterocycles. The number of halogens is 1. The van der Waals surface area contributed by atoms with Gasteiger partial charge >= 0.3 is 0 Å². The number of hydrogen-bond donors (Lipinski definition) is 1. The number of benzene rings is 1. The van der Waals surface area contributed by atoms with Crippen LogP contribution in [0.1, 0.15) is 56.9 Å². The maximum absolute atomic E-state index is 12.9. The molecule has 6 heteroatoms. The maximum atomic E-state index is 12.9. The fraction of sp³-hybridized carbons (Fsp3) is 0.583. The highest BCUT2D eigenvalue weighted by Crippen LogP contribution is 2.27. The molecule has 2 fully saturated rings. The van der Waals surface area contributed by atoms with Crippen LogP contribution in [0.2, 0.25) is 5.02 Å². The van der Waals surface area contributed by atoms with E-state index in [1.807, 2.05) is 31.2 Å². The first-order valence-corrected chi connectivity index (χ1v) is 11.6. The van der Waals surface area contributed by atoms with Crippen molar-refractivity contribution in [1.29, 1.82) is 0 Å². The van der Waals surface area contributed by atoms with E-state index in [9.17, 15) is 4.79 Å². The molecular formula is C24H32ClN3O2. The van der Waals surface area contributed by atoms with Crippen LogP contribution in [0.25, 0.3) is 11.5 Å². The number of oxazole rings is 1. The summed E-state index contributed by atoms with van der Waals surface area (Å²) in [5, 5.41) is 4.05. The largest absolute Gasteiger partial charge is 0.441 e. The van der Waals surface area contributed by atoms with Gasteiger partial charge in [-0.1, -0.05) is 31.4 Å². The first-order valence-electron chi connectivity index (χ1n) is 11.2. The van der Waals surface area contributed by atoms with Gasteiger partial charge in [-0.15, -0.1) is 0 Å². The molecule has 3 atom stereocenters. The van der Waals surface area contributed by atoms with Gasteiger partial charge in [-0.3, -0.25) is 9.69 Å². The predicted octanol–water partition coefficient (Wildman–Crippen LogP) is 5.21. The fourth-order valence-electron chi connectivity index (χ4n) is 4.75. The average Bonchev–Trinajstić information content (AvgIpc) is 3.10. The molecule has 4 rings (SSSR count). The van der Waals surface area contributed by atoms with Crippen LogP contribution in [0.15, 0.2) is 28.7 Å². The van der Waals surface area contributed by atoms with Crippen molar-refractivity contribution >= 4 is 17.5 Å². The number of carbonyl (C=O) groups is 1.